The maximum absolute atomic E-state index is 10.8. The van der Waals surface area contributed by atoms with Gasteiger partial charge in [0, 0.05) is 25.4 Å². The number of imidazole rings is 1. The summed E-state index contributed by atoms with van der Waals surface area (Å²) in [5.74, 6) is 0.146. The molecule has 0 bridgehead atoms. The predicted octanol–water partition coefficient (Wildman–Crippen LogP) is 0.649. The molecule has 0 aliphatic rings. The van der Waals surface area contributed by atoms with Crippen molar-refractivity contribution in [1.82, 2.24) is 9.55 Å². The highest BCUT2D eigenvalue weighted by Crippen LogP contribution is 1.99. The van der Waals surface area contributed by atoms with E-state index in [1.165, 1.54) is 7.11 Å². The Bertz CT molecular complexity index is 320. The molecule has 0 atom stereocenters. The lowest BCUT2D eigenvalue weighted by Gasteiger charge is -2.02. The fourth-order valence-electron chi connectivity index (χ4n) is 1.12. The molecule has 76 valence electrons. The predicted molar refractivity (Wildman–Crippen MR) is 48.9 cm³/mol. The van der Waals surface area contributed by atoms with Gasteiger partial charge in [0.15, 0.2) is 12.1 Å². The third-order valence-electron chi connectivity index (χ3n) is 1.86. The minimum Gasteiger partial charge on any atom is -0.469 e. The van der Waals surface area contributed by atoms with Crippen molar-refractivity contribution in [2.45, 2.75) is 19.4 Å². The molecule has 1 rings (SSSR count). The number of esters is 1. The van der Waals surface area contributed by atoms with Crippen LogP contribution < -0.4 is 0 Å². The van der Waals surface area contributed by atoms with Gasteiger partial charge in [-0.2, -0.15) is 0 Å². The van der Waals surface area contributed by atoms with Crippen LogP contribution in [0.25, 0.3) is 0 Å². The van der Waals surface area contributed by atoms with Gasteiger partial charge in [-0.3, -0.25) is 9.59 Å². The van der Waals surface area contributed by atoms with Crippen LogP contribution in [0.1, 0.15) is 23.5 Å². The highest BCUT2D eigenvalue weighted by Gasteiger charge is 2.03. The van der Waals surface area contributed by atoms with E-state index in [0.29, 0.717) is 31.5 Å². The first kappa shape index (κ1) is 10.4. The number of aryl methyl sites for hydroxylation is 1. The zero-order valence-corrected chi connectivity index (χ0v) is 7.97. The molecule has 0 amide bonds. The molecule has 0 aromatic carbocycles. The van der Waals surface area contributed by atoms with Gasteiger partial charge in [0.25, 0.3) is 0 Å². The van der Waals surface area contributed by atoms with E-state index < -0.39 is 0 Å². The molecule has 1 aromatic heterocycles. The van der Waals surface area contributed by atoms with E-state index in [0.717, 1.165) is 0 Å². The number of ether oxygens (including phenoxy) is 1. The SMILES string of the molecule is COC(=O)CCCn1ccnc1C=O. The average Bonchev–Trinajstić information content (AvgIpc) is 2.65. The Labute approximate surface area is 81.7 Å². The van der Waals surface area contributed by atoms with Gasteiger partial charge >= 0.3 is 5.97 Å². The number of aldehydes is 1. The molecule has 0 N–H and O–H groups in total. The Balaban J connectivity index is 2.38. The molecule has 0 fully saturated rings. The van der Waals surface area contributed by atoms with Gasteiger partial charge in [-0.05, 0) is 6.42 Å². The molecular weight excluding hydrogens is 184 g/mol. The van der Waals surface area contributed by atoms with Crippen molar-refractivity contribution in [1.29, 1.82) is 0 Å². The van der Waals surface area contributed by atoms with E-state index in [9.17, 15) is 9.59 Å². The minimum atomic E-state index is -0.238. The lowest BCUT2D eigenvalue weighted by molar-refractivity contribution is -0.140. The summed E-state index contributed by atoms with van der Waals surface area (Å²) in [5.41, 5.74) is 0. The summed E-state index contributed by atoms with van der Waals surface area (Å²) < 4.78 is 6.20. The number of hydrogen-bond acceptors (Lipinski definition) is 4. The quantitative estimate of drug-likeness (QED) is 0.512. The van der Waals surface area contributed by atoms with Crippen molar-refractivity contribution in [3.63, 3.8) is 0 Å². The van der Waals surface area contributed by atoms with Crippen LogP contribution in [0, 0.1) is 0 Å². The van der Waals surface area contributed by atoms with Crippen LogP contribution in [-0.4, -0.2) is 28.9 Å². The molecular formula is C9H12N2O3. The molecule has 0 aliphatic carbocycles. The van der Waals surface area contributed by atoms with Crippen molar-refractivity contribution in [3.05, 3.63) is 18.2 Å². The van der Waals surface area contributed by atoms with Crippen molar-refractivity contribution in [3.8, 4) is 0 Å². The molecule has 0 radical (unpaired) electrons. The highest BCUT2D eigenvalue weighted by atomic mass is 16.5. The van der Waals surface area contributed by atoms with E-state index in [1.807, 2.05) is 0 Å². The Hall–Kier alpha value is -1.65. The minimum absolute atomic E-state index is 0.238. The molecule has 0 saturated carbocycles. The first-order valence-electron chi connectivity index (χ1n) is 4.31. The van der Waals surface area contributed by atoms with E-state index in [-0.39, 0.29) is 5.97 Å². The summed E-state index contributed by atoms with van der Waals surface area (Å²) in [7, 11) is 1.36. The standard InChI is InChI=1S/C9H12N2O3/c1-14-9(13)3-2-5-11-6-4-10-8(11)7-12/h4,6-7H,2-3,5H2,1H3. The van der Waals surface area contributed by atoms with Gasteiger partial charge in [-0.1, -0.05) is 0 Å². The van der Waals surface area contributed by atoms with Gasteiger partial charge in [-0.25, -0.2) is 4.98 Å². The highest BCUT2D eigenvalue weighted by molar-refractivity contribution is 5.69. The van der Waals surface area contributed by atoms with Gasteiger partial charge in [-0.15, -0.1) is 0 Å². The molecule has 0 spiro atoms. The summed E-state index contributed by atoms with van der Waals surface area (Å²) in [6.07, 6.45) is 4.96. The summed E-state index contributed by atoms with van der Waals surface area (Å²) in [5, 5.41) is 0. The molecule has 0 saturated heterocycles. The third kappa shape index (κ3) is 2.69. The van der Waals surface area contributed by atoms with Crippen molar-refractivity contribution in [2.75, 3.05) is 7.11 Å². The van der Waals surface area contributed by atoms with E-state index in [1.54, 1.807) is 17.0 Å². The number of nitrogens with zero attached hydrogens (tertiary/aromatic N) is 2. The van der Waals surface area contributed by atoms with Crippen LogP contribution in [0.15, 0.2) is 12.4 Å². The molecule has 0 unspecified atom stereocenters. The van der Waals surface area contributed by atoms with Crippen molar-refractivity contribution < 1.29 is 14.3 Å². The Kier molecular flexibility index (Phi) is 3.84. The van der Waals surface area contributed by atoms with Gasteiger partial charge in [0.2, 0.25) is 0 Å². The molecule has 1 heterocycles. The summed E-state index contributed by atoms with van der Waals surface area (Å²) in [6.45, 7) is 0.600. The van der Waals surface area contributed by atoms with Crippen LogP contribution >= 0.6 is 0 Å². The second-order valence-corrected chi connectivity index (χ2v) is 2.78. The van der Waals surface area contributed by atoms with Crippen molar-refractivity contribution in [2.24, 2.45) is 0 Å². The molecule has 14 heavy (non-hydrogen) atoms. The van der Waals surface area contributed by atoms with Crippen LogP contribution in [0.3, 0.4) is 0 Å². The van der Waals surface area contributed by atoms with Crippen LogP contribution in [0.2, 0.25) is 0 Å². The molecule has 5 nitrogen and oxygen atoms in total. The maximum Gasteiger partial charge on any atom is 0.305 e. The topological polar surface area (TPSA) is 61.2 Å². The average molecular weight is 196 g/mol. The Morgan fingerprint density at radius 1 is 1.71 bits per heavy atom. The first-order chi connectivity index (χ1) is 6.77. The number of carbonyl (C=O) groups is 2. The zero-order valence-electron chi connectivity index (χ0n) is 7.97. The lowest BCUT2D eigenvalue weighted by atomic mass is 10.3. The number of methoxy groups -OCH3 is 1. The second kappa shape index (κ2) is 5.16. The fourth-order valence-corrected chi connectivity index (χ4v) is 1.12. The summed E-state index contributed by atoms with van der Waals surface area (Å²) >= 11 is 0. The number of hydrogen-bond donors (Lipinski definition) is 0. The van der Waals surface area contributed by atoms with Crippen molar-refractivity contribution >= 4 is 12.3 Å². The van der Waals surface area contributed by atoms with E-state index >= 15 is 0 Å². The third-order valence-corrected chi connectivity index (χ3v) is 1.86. The monoisotopic (exact) mass is 196 g/mol. The Morgan fingerprint density at radius 3 is 3.14 bits per heavy atom. The summed E-state index contributed by atoms with van der Waals surface area (Å²) in [4.78, 5) is 25.1. The second-order valence-electron chi connectivity index (χ2n) is 2.78. The van der Waals surface area contributed by atoms with Gasteiger partial charge in [0.1, 0.15) is 0 Å². The lowest BCUT2D eigenvalue weighted by Crippen LogP contribution is -2.06. The smallest absolute Gasteiger partial charge is 0.305 e. The number of aromatic nitrogens is 2. The van der Waals surface area contributed by atoms with E-state index in [2.05, 4.69) is 9.72 Å². The Morgan fingerprint density at radius 2 is 2.50 bits per heavy atom. The van der Waals surface area contributed by atoms with Crippen LogP contribution in [0.5, 0.6) is 0 Å². The summed E-state index contributed by atoms with van der Waals surface area (Å²) in [6, 6.07) is 0. The largest absolute Gasteiger partial charge is 0.469 e. The number of rotatable bonds is 5. The zero-order chi connectivity index (χ0) is 10.4. The first-order valence-corrected chi connectivity index (χ1v) is 4.31. The number of carbonyl (C=O) groups excluding carboxylic acids is 2. The molecule has 5 heteroatoms. The van der Waals surface area contributed by atoms with Crippen LogP contribution in [-0.2, 0) is 16.1 Å². The maximum atomic E-state index is 10.8. The normalized spacial score (nSPS) is 9.79. The van der Waals surface area contributed by atoms with E-state index in [4.69, 9.17) is 0 Å². The van der Waals surface area contributed by atoms with Gasteiger partial charge in [0.05, 0.1) is 7.11 Å². The molecule has 1 aromatic rings. The molecule has 0 aliphatic heterocycles. The van der Waals surface area contributed by atoms with Crippen LogP contribution in [0.4, 0.5) is 0 Å². The fraction of sp³-hybridized carbons (Fsp3) is 0.444. The van der Waals surface area contributed by atoms with Gasteiger partial charge < -0.3 is 9.30 Å².